The van der Waals surface area contributed by atoms with Crippen LogP contribution in [0.25, 0.3) is 10.9 Å². The van der Waals surface area contributed by atoms with E-state index in [0.717, 1.165) is 49.1 Å². The Labute approximate surface area is 167 Å². The number of aryl methyl sites for hydroxylation is 2. The molecule has 1 aromatic heterocycles. The fraction of sp³-hybridized carbons (Fsp3) is 0.304. The van der Waals surface area contributed by atoms with Crippen molar-refractivity contribution in [3.8, 4) is 0 Å². The number of anilines is 1. The first kappa shape index (κ1) is 17.8. The van der Waals surface area contributed by atoms with E-state index in [1.54, 1.807) is 34.9 Å². The zero-order valence-corrected chi connectivity index (χ0v) is 16.0. The van der Waals surface area contributed by atoms with Gasteiger partial charge in [0.2, 0.25) is 0 Å². The van der Waals surface area contributed by atoms with Crippen LogP contribution in [-0.2, 0) is 19.4 Å². The summed E-state index contributed by atoms with van der Waals surface area (Å²) in [5.74, 6) is 0.733. The van der Waals surface area contributed by atoms with Crippen LogP contribution in [0.1, 0.15) is 57.8 Å². The summed E-state index contributed by atoms with van der Waals surface area (Å²) >= 11 is 0. The van der Waals surface area contributed by atoms with Crippen molar-refractivity contribution in [2.75, 3.05) is 5.32 Å². The van der Waals surface area contributed by atoms with Crippen molar-refractivity contribution in [3.63, 3.8) is 0 Å². The Balaban J connectivity index is 1.45. The van der Waals surface area contributed by atoms with E-state index in [0.29, 0.717) is 35.1 Å². The average molecular weight is 387 g/mol. The van der Waals surface area contributed by atoms with Crippen molar-refractivity contribution < 1.29 is 9.59 Å². The van der Waals surface area contributed by atoms with Crippen LogP contribution < -0.4 is 10.9 Å². The number of carbonyl (C=O) groups excluding carboxylic acids is 2. The van der Waals surface area contributed by atoms with E-state index in [4.69, 9.17) is 0 Å². The van der Waals surface area contributed by atoms with Crippen molar-refractivity contribution in [1.82, 2.24) is 9.55 Å². The van der Waals surface area contributed by atoms with E-state index in [9.17, 15) is 14.4 Å². The third kappa shape index (κ3) is 3.14. The largest absolute Gasteiger partial charge is 0.322 e. The molecule has 0 radical (unpaired) electrons. The molecule has 0 unspecified atom stereocenters. The number of nitrogens with one attached hydrogen (secondary N) is 1. The van der Waals surface area contributed by atoms with Gasteiger partial charge in [0.25, 0.3) is 11.5 Å². The average Bonchev–Trinajstić information content (AvgIpc) is 3.12. The van der Waals surface area contributed by atoms with E-state index >= 15 is 0 Å². The highest BCUT2D eigenvalue weighted by Crippen LogP contribution is 2.23. The van der Waals surface area contributed by atoms with Gasteiger partial charge in [0.15, 0.2) is 5.78 Å². The van der Waals surface area contributed by atoms with Gasteiger partial charge in [0.1, 0.15) is 5.82 Å². The van der Waals surface area contributed by atoms with Crippen molar-refractivity contribution in [3.05, 3.63) is 69.3 Å². The quantitative estimate of drug-likeness (QED) is 0.683. The molecule has 6 heteroatoms. The highest BCUT2D eigenvalue weighted by Gasteiger charge is 2.19. The number of aromatic nitrogens is 2. The Morgan fingerprint density at radius 3 is 2.72 bits per heavy atom. The van der Waals surface area contributed by atoms with E-state index < -0.39 is 0 Å². The molecule has 1 N–H and O–H groups in total. The maximum absolute atomic E-state index is 12.8. The van der Waals surface area contributed by atoms with Gasteiger partial charge in [-0.1, -0.05) is 6.07 Å². The normalized spacial score (nSPS) is 15.7. The second-order valence-corrected chi connectivity index (χ2v) is 7.78. The van der Waals surface area contributed by atoms with E-state index in [2.05, 4.69) is 10.3 Å². The first-order chi connectivity index (χ1) is 14.1. The molecule has 29 heavy (non-hydrogen) atoms. The molecule has 146 valence electrons. The van der Waals surface area contributed by atoms with Gasteiger partial charge in [-0.15, -0.1) is 0 Å². The highest BCUT2D eigenvalue weighted by atomic mass is 16.2. The summed E-state index contributed by atoms with van der Waals surface area (Å²) < 4.78 is 1.72. The van der Waals surface area contributed by atoms with Gasteiger partial charge < -0.3 is 5.32 Å². The van der Waals surface area contributed by atoms with Crippen molar-refractivity contribution in [2.45, 2.75) is 45.1 Å². The molecule has 0 saturated heterocycles. The zero-order valence-electron chi connectivity index (χ0n) is 16.0. The third-order valence-electron chi connectivity index (χ3n) is 5.84. The van der Waals surface area contributed by atoms with Gasteiger partial charge in [-0.3, -0.25) is 19.0 Å². The number of nitrogens with zero attached hydrogens (tertiary/aromatic N) is 2. The molecule has 2 heterocycles. The lowest BCUT2D eigenvalue weighted by molar-refractivity contribution is 0.0979. The van der Waals surface area contributed by atoms with Crippen molar-refractivity contribution in [1.29, 1.82) is 0 Å². The SMILES string of the molecule is O=C(Nc1ccc2nc3n(c(=O)c2c1)CCC3)c1ccc2c(c1)CCCCC2=O. The number of fused-ring (bicyclic) bond motifs is 3. The van der Waals surface area contributed by atoms with Crippen molar-refractivity contribution in [2.24, 2.45) is 0 Å². The summed E-state index contributed by atoms with van der Waals surface area (Å²) in [6, 6.07) is 10.5. The number of benzene rings is 2. The molecule has 0 saturated carbocycles. The van der Waals surface area contributed by atoms with E-state index in [1.807, 2.05) is 6.07 Å². The van der Waals surface area contributed by atoms with Crippen LogP contribution in [0.5, 0.6) is 0 Å². The van der Waals surface area contributed by atoms with E-state index in [-0.39, 0.29) is 17.2 Å². The highest BCUT2D eigenvalue weighted by molar-refractivity contribution is 6.06. The fourth-order valence-electron chi connectivity index (χ4n) is 4.31. The summed E-state index contributed by atoms with van der Waals surface area (Å²) in [6.45, 7) is 0.696. The van der Waals surface area contributed by atoms with Crippen molar-refractivity contribution >= 4 is 28.3 Å². The topological polar surface area (TPSA) is 81.1 Å². The monoisotopic (exact) mass is 387 g/mol. The van der Waals surface area contributed by atoms with Gasteiger partial charge >= 0.3 is 0 Å². The minimum absolute atomic E-state index is 0.0536. The standard InChI is InChI=1S/C23H21N3O3/c27-20-5-2-1-4-14-12-15(7-9-17(14)20)22(28)24-16-8-10-19-18(13-16)23(29)26-11-3-6-21(26)25-19/h7-10,12-13H,1-6,11H2,(H,24,28). The lowest BCUT2D eigenvalue weighted by atomic mass is 9.99. The van der Waals surface area contributed by atoms with Crippen LogP contribution in [0.3, 0.4) is 0 Å². The lowest BCUT2D eigenvalue weighted by Gasteiger charge is -2.10. The predicted molar refractivity (Wildman–Crippen MR) is 111 cm³/mol. The molecule has 1 aliphatic carbocycles. The number of rotatable bonds is 2. The molecule has 2 aliphatic rings. The van der Waals surface area contributed by atoms with Gasteiger partial charge in [-0.2, -0.15) is 0 Å². The second kappa shape index (κ2) is 6.95. The first-order valence-electron chi connectivity index (χ1n) is 10.1. The Bertz CT molecular complexity index is 1230. The van der Waals surface area contributed by atoms with Crippen LogP contribution in [0.2, 0.25) is 0 Å². The zero-order chi connectivity index (χ0) is 20.0. The first-order valence-corrected chi connectivity index (χ1v) is 10.1. The molecular weight excluding hydrogens is 366 g/mol. The molecular formula is C23H21N3O3. The summed E-state index contributed by atoms with van der Waals surface area (Å²) in [4.78, 5) is 42.3. The number of ketones is 1. The molecule has 0 bridgehead atoms. The van der Waals surface area contributed by atoms with Crippen LogP contribution in [-0.4, -0.2) is 21.2 Å². The Hall–Kier alpha value is -3.28. The fourth-order valence-corrected chi connectivity index (χ4v) is 4.31. The number of hydrogen-bond acceptors (Lipinski definition) is 4. The summed E-state index contributed by atoms with van der Waals surface area (Å²) in [5.41, 5.74) is 3.36. The third-order valence-corrected chi connectivity index (χ3v) is 5.84. The number of amides is 1. The van der Waals surface area contributed by atoms with Gasteiger partial charge in [0.05, 0.1) is 10.9 Å². The summed E-state index contributed by atoms with van der Waals surface area (Å²) in [5, 5.41) is 3.39. The van der Waals surface area contributed by atoms with Gasteiger partial charge in [0, 0.05) is 36.2 Å². The Kier molecular flexibility index (Phi) is 4.27. The molecule has 0 spiro atoms. The van der Waals surface area contributed by atoms with E-state index in [1.165, 1.54) is 0 Å². The Morgan fingerprint density at radius 1 is 0.966 bits per heavy atom. The van der Waals surface area contributed by atoms with Gasteiger partial charge in [-0.25, -0.2) is 4.98 Å². The second-order valence-electron chi connectivity index (χ2n) is 7.78. The molecule has 5 rings (SSSR count). The summed E-state index contributed by atoms with van der Waals surface area (Å²) in [7, 11) is 0. The number of Topliss-reactive ketones (excluding diaryl/α,β-unsaturated/α-hetero) is 1. The Morgan fingerprint density at radius 2 is 1.83 bits per heavy atom. The molecule has 3 aromatic rings. The van der Waals surface area contributed by atoms with Crippen LogP contribution in [0.15, 0.2) is 41.2 Å². The number of hydrogen-bond donors (Lipinski definition) is 1. The summed E-state index contributed by atoms with van der Waals surface area (Å²) in [6.07, 6.45) is 4.98. The lowest BCUT2D eigenvalue weighted by Crippen LogP contribution is -2.21. The maximum Gasteiger partial charge on any atom is 0.261 e. The predicted octanol–water partition coefficient (Wildman–Crippen LogP) is 3.50. The van der Waals surface area contributed by atoms with Gasteiger partial charge in [-0.05, 0) is 61.6 Å². The van der Waals surface area contributed by atoms with Crippen LogP contribution in [0.4, 0.5) is 5.69 Å². The smallest absolute Gasteiger partial charge is 0.261 e. The molecule has 0 atom stereocenters. The minimum Gasteiger partial charge on any atom is -0.322 e. The minimum atomic E-state index is -0.252. The molecule has 6 nitrogen and oxygen atoms in total. The molecule has 1 amide bonds. The molecule has 1 aliphatic heterocycles. The van der Waals surface area contributed by atoms with Crippen LogP contribution in [0, 0.1) is 0 Å². The molecule has 2 aromatic carbocycles. The maximum atomic E-state index is 12.8. The molecule has 0 fully saturated rings. The van der Waals surface area contributed by atoms with Crippen LogP contribution >= 0.6 is 0 Å². The number of carbonyl (C=O) groups is 2.